The highest BCUT2D eigenvalue weighted by atomic mass is 32.2. The Morgan fingerprint density at radius 3 is 2.14 bits per heavy atom. The van der Waals surface area contributed by atoms with Crippen LogP contribution < -0.4 is 5.32 Å². The number of rotatable bonds is 8. The summed E-state index contributed by atoms with van der Waals surface area (Å²) >= 11 is 0. The van der Waals surface area contributed by atoms with E-state index in [9.17, 15) is 18.0 Å². The van der Waals surface area contributed by atoms with Crippen molar-refractivity contribution in [1.82, 2.24) is 14.5 Å². The van der Waals surface area contributed by atoms with Gasteiger partial charge < -0.3 is 10.2 Å². The van der Waals surface area contributed by atoms with Crippen LogP contribution >= 0.6 is 0 Å². The van der Waals surface area contributed by atoms with Gasteiger partial charge in [0, 0.05) is 19.1 Å². The molecule has 3 aromatic carbocycles. The zero-order chi connectivity index (χ0) is 25.8. The minimum Gasteiger partial charge on any atom is -0.350 e. The molecule has 7 nitrogen and oxygen atoms in total. The van der Waals surface area contributed by atoms with Gasteiger partial charge in [-0.2, -0.15) is 4.31 Å². The molecule has 0 unspecified atom stereocenters. The second kappa shape index (κ2) is 10.6. The van der Waals surface area contributed by atoms with E-state index in [2.05, 4.69) is 5.32 Å². The van der Waals surface area contributed by atoms with Crippen molar-refractivity contribution in [2.45, 2.75) is 50.7 Å². The largest absolute Gasteiger partial charge is 0.350 e. The van der Waals surface area contributed by atoms with Crippen molar-refractivity contribution in [2.24, 2.45) is 0 Å². The fourth-order valence-corrected chi connectivity index (χ4v) is 4.87. The number of sulfonamides is 1. The van der Waals surface area contributed by atoms with Crippen molar-refractivity contribution in [3.63, 3.8) is 0 Å². The maximum absolute atomic E-state index is 13.4. The average Bonchev–Trinajstić information content (AvgIpc) is 2.81. The van der Waals surface area contributed by atoms with Crippen LogP contribution in [0.2, 0.25) is 0 Å². The molecule has 1 N–H and O–H groups in total. The molecular formula is C27H33N3O4S. The molecular weight excluding hydrogens is 462 g/mol. The van der Waals surface area contributed by atoms with Gasteiger partial charge in [0.1, 0.15) is 6.04 Å². The van der Waals surface area contributed by atoms with Crippen LogP contribution in [0.4, 0.5) is 0 Å². The number of nitrogens with zero attached hydrogens (tertiary/aromatic N) is 2. The number of fused-ring (bicyclic) bond motifs is 1. The number of nitrogens with one attached hydrogen (secondary N) is 1. The molecule has 35 heavy (non-hydrogen) atoms. The molecule has 8 heteroatoms. The number of benzene rings is 3. The van der Waals surface area contributed by atoms with E-state index in [1.165, 1.54) is 11.9 Å². The van der Waals surface area contributed by atoms with Crippen LogP contribution in [0, 0.1) is 0 Å². The van der Waals surface area contributed by atoms with Crippen LogP contribution in [0.3, 0.4) is 0 Å². The molecule has 0 aliphatic carbocycles. The van der Waals surface area contributed by atoms with Gasteiger partial charge >= 0.3 is 0 Å². The van der Waals surface area contributed by atoms with Gasteiger partial charge in [-0.3, -0.25) is 9.59 Å². The Morgan fingerprint density at radius 2 is 1.51 bits per heavy atom. The number of amides is 2. The first-order valence-electron chi connectivity index (χ1n) is 11.5. The zero-order valence-electron chi connectivity index (χ0n) is 20.9. The summed E-state index contributed by atoms with van der Waals surface area (Å²) in [5.74, 6) is -0.765. The zero-order valence-corrected chi connectivity index (χ0v) is 21.7. The molecule has 0 aliphatic heterocycles. The Morgan fingerprint density at radius 1 is 0.914 bits per heavy atom. The first-order chi connectivity index (χ1) is 16.4. The van der Waals surface area contributed by atoms with Crippen LogP contribution in [0.1, 0.15) is 33.3 Å². The minimum absolute atomic E-state index is 0.111. The molecule has 2 amide bonds. The topological polar surface area (TPSA) is 86.8 Å². The molecule has 0 fully saturated rings. The fraction of sp³-hybridized carbons (Fsp3) is 0.333. The Kier molecular flexibility index (Phi) is 7.97. The minimum atomic E-state index is -3.92. The maximum Gasteiger partial charge on any atom is 0.243 e. The molecule has 3 rings (SSSR count). The van der Waals surface area contributed by atoms with E-state index in [-0.39, 0.29) is 17.3 Å². The molecule has 0 saturated heterocycles. The summed E-state index contributed by atoms with van der Waals surface area (Å²) in [6, 6.07) is 20.9. The number of carbonyl (C=O) groups excluding carboxylic acids is 2. The van der Waals surface area contributed by atoms with E-state index in [0.29, 0.717) is 0 Å². The number of carbonyl (C=O) groups is 2. The lowest BCUT2D eigenvalue weighted by atomic mass is 10.1. The normalized spacial score (nSPS) is 13.0. The standard InChI is InChI=1S/C27H33N3O4S/c1-20(26(32)28-27(2,3)4)30(18-21-11-7-6-8-12-21)25(31)19-29(5)35(33,34)24-16-15-22-13-9-10-14-23(22)17-24/h6-17,20H,18-19H2,1-5H3,(H,28,32)/t20-/m1/s1. The predicted octanol–water partition coefficient (Wildman–Crippen LogP) is 3.79. The van der Waals surface area contributed by atoms with Crippen LogP contribution in [-0.4, -0.2) is 54.6 Å². The van der Waals surface area contributed by atoms with Gasteiger partial charge in [0.15, 0.2) is 0 Å². The van der Waals surface area contributed by atoms with E-state index >= 15 is 0 Å². The summed E-state index contributed by atoms with van der Waals surface area (Å²) in [4.78, 5) is 27.8. The second-order valence-electron chi connectivity index (χ2n) is 9.69. The Bertz CT molecular complexity index is 1300. The SMILES string of the molecule is C[C@H](C(=O)NC(C)(C)C)N(Cc1ccccc1)C(=O)CN(C)S(=O)(=O)c1ccc2ccccc2c1. The lowest BCUT2D eigenvalue weighted by Crippen LogP contribution is -2.54. The van der Waals surface area contributed by atoms with Crippen molar-refractivity contribution in [2.75, 3.05) is 13.6 Å². The lowest BCUT2D eigenvalue weighted by molar-refractivity contribution is -0.141. The number of likely N-dealkylation sites (N-methyl/N-ethyl adjacent to an activating group) is 1. The fourth-order valence-electron chi connectivity index (χ4n) is 3.71. The molecule has 0 aromatic heterocycles. The van der Waals surface area contributed by atoms with Gasteiger partial charge in [-0.05, 0) is 56.2 Å². The quantitative estimate of drug-likeness (QED) is 0.515. The summed E-state index contributed by atoms with van der Waals surface area (Å²) < 4.78 is 27.6. The van der Waals surface area contributed by atoms with E-state index in [0.717, 1.165) is 20.6 Å². The molecule has 1 atom stereocenters. The van der Waals surface area contributed by atoms with Gasteiger partial charge in [0.05, 0.1) is 11.4 Å². The molecule has 0 saturated carbocycles. The smallest absolute Gasteiger partial charge is 0.243 e. The highest BCUT2D eigenvalue weighted by molar-refractivity contribution is 7.89. The summed E-state index contributed by atoms with van der Waals surface area (Å²) in [6.07, 6.45) is 0. The van der Waals surface area contributed by atoms with Crippen molar-refractivity contribution in [3.8, 4) is 0 Å². The Balaban J connectivity index is 1.84. The van der Waals surface area contributed by atoms with Crippen molar-refractivity contribution < 1.29 is 18.0 Å². The van der Waals surface area contributed by atoms with E-state index in [4.69, 9.17) is 0 Å². The van der Waals surface area contributed by atoms with Gasteiger partial charge in [-0.1, -0.05) is 60.7 Å². The van der Waals surface area contributed by atoms with Gasteiger partial charge in [-0.15, -0.1) is 0 Å². The lowest BCUT2D eigenvalue weighted by Gasteiger charge is -2.32. The van der Waals surface area contributed by atoms with Gasteiger partial charge in [-0.25, -0.2) is 8.42 Å². The average molecular weight is 496 g/mol. The van der Waals surface area contributed by atoms with Gasteiger partial charge in [0.2, 0.25) is 21.8 Å². The van der Waals surface area contributed by atoms with E-state index in [1.807, 2.05) is 75.4 Å². The van der Waals surface area contributed by atoms with Crippen molar-refractivity contribution in [1.29, 1.82) is 0 Å². The Hall–Kier alpha value is -3.23. The third-order valence-corrected chi connectivity index (χ3v) is 7.45. The van der Waals surface area contributed by atoms with Crippen molar-refractivity contribution >= 4 is 32.6 Å². The molecule has 0 radical (unpaired) electrons. The molecule has 0 aliphatic rings. The molecule has 3 aromatic rings. The molecule has 0 heterocycles. The second-order valence-corrected chi connectivity index (χ2v) is 11.7. The number of hydrogen-bond acceptors (Lipinski definition) is 4. The third-order valence-electron chi connectivity index (χ3n) is 5.65. The van der Waals surface area contributed by atoms with Crippen LogP contribution in [0.5, 0.6) is 0 Å². The summed E-state index contributed by atoms with van der Waals surface area (Å²) in [7, 11) is -2.54. The third kappa shape index (κ3) is 6.68. The van der Waals surface area contributed by atoms with Gasteiger partial charge in [0.25, 0.3) is 0 Å². The Labute approximate surface area is 207 Å². The number of hydrogen-bond donors (Lipinski definition) is 1. The van der Waals surface area contributed by atoms with E-state index in [1.54, 1.807) is 25.1 Å². The van der Waals surface area contributed by atoms with E-state index < -0.39 is 34.1 Å². The van der Waals surface area contributed by atoms with Crippen molar-refractivity contribution in [3.05, 3.63) is 78.4 Å². The summed E-state index contributed by atoms with van der Waals surface area (Å²) in [5.41, 5.74) is 0.375. The first kappa shape index (κ1) is 26.4. The first-order valence-corrected chi connectivity index (χ1v) is 12.9. The summed E-state index contributed by atoms with van der Waals surface area (Å²) in [6.45, 7) is 7.04. The monoisotopic (exact) mass is 495 g/mol. The van der Waals surface area contributed by atoms with Crippen LogP contribution in [0.25, 0.3) is 10.8 Å². The highest BCUT2D eigenvalue weighted by Gasteiger charge is 2.31. The van der Waals surface area contributed by atoms with Crippen LogP contribution in [-0.2, 0) is 26.2 Å². The highest BCUT2D eigenvalue weighted by Crippen LogP contribution is 2.22. The maximum atomic E-state index is 13.4. The van der Waals surface area contributed by atoms with Crippen LogP contribution in [0.15, 0.2) is 77.7 Å². The summed E-state index contributed by atoms with van der Waals surface area (Å²) in [5, 5.41) is 4.63. The predicted molar refractivity (Wildman–Crippen MR) is 138 cm³/mol. The molecule has 0 bridgehead atoms. The molecule has 0 spiro atoms. The molecule has 186 valence electrons.